The van der Waals surface area contributed by atoms with Crippen LogP contribution in [0.25, 0.3) is 0 Å². The van der Waals surface area contributed by atoms with Crippen LogP contribution < -0.4 is 5.32 Å². The van der Waals surface area contributed by atoms with Gasteiger partial charge in [-0.2, -0.15) is 0 Å². The lowest BCUT2D eigenvalue weighted by molar-refractivity contribution is 0.506. The third-order valence-electron chi connectivity index (χ3n) is 3.14. The van der Waals surface area contributed by atoms with Crippen LogP contribution in [0.1, 0.15) is 29.9 Å². The van der Waals surface area contributed by atoms with Gasteiger partial charge in [-0.1, -0.05) is 36.8 Å². The third kappa shape index (κ3) is 2.99. The van der Waals surface area contributed by atoms with Crippen molar-refractivity contribution in [2.75, 3.05) is 6.54 Å². The topological polar surface area (TPSA) is 29.9 Å². The van der Waals surface area contributed by atoms with Crippen LogP contribution in [0.5, 0.6) is 0 Å². The molecule has 3 heteroatoms. The van der Waals surface area contributed by atoms with E-state index in [0.717, 1.165) is 18.8 Å². The van der Waals surface area contributed by atoms with E-state index in [9.17, 15) is 0 Å². The molecule has 1 unspecified atom stereocenters. The summed E-state index contributed by atoms with van der Waals surface area (Å²) in [6.45, 7) is 5.21. The molecule has 1 N–H and O–H groups in total. The van der Waals surface area contributed by atoms with E-state index in [1.807, 2.05) is 19.4 Å². The van der Waals surface area contributed by atoms with Gasteiger partial charge in [-0.25, -0.2) is 4.98 Å². The first-order valence-corrected chi connectivity index (χ1v) is 6.47. The molecule has 0 amide bonds. The summed E-state index contributed by atoms with van der Waals surface area (Å²) in [5.41, 5.74) is 2.66. The summed E-state index contributed by atoms with van der Waals surface area (Å²) in [6.07, 6.45) is 4.83. The molecule has 18 heavy (non-hydrogen) atoms. The Balaban J connectivity index is 2.19. The van der Waals surface area contributed by atoms with Crippen LogP contribution in [0.3, 0.4) is 0 Å². The van der Waals surface area contributed by atoms with Crippen molar-refractivity contribution in [3.8, 4) is 0 Å². The summed E-state index contributed by atoms with van der Waals surface area (Å²) in [4.78, 5) is 4.45. The first-order chi connectivity index (χ1) is 8.70. The molecule has 0 aliphatic carbocycles. The molecule has 2 aromatic rings. The molecule has 96 valence electrons. The highest BCUT2D eigenvalue weighted by Crippen LogP contribution is 2.17. The number of aromatic nitrogens is 2. The monoisotopic (exact) mass is 243 g/mol. The van der Waals surface area contributed by atoms with Crippen LogP contribution in [0.15, 0.2) is 36.7 Å². The summed E-state index contributed by atoms with van der Waals surface area (Å²) in [5, 5.41) is 3.51. The van der Waals surface area contributed by atoms with E-state index < -0.39 is 0 Å². The Kier molecular flexibility index (Phi) is 4.15. The number of imidazole rings is 1. The number of nitrogens with one attached hydrogen (secondary N) is 1. The highest BCUT2D eigenvalue weighted by atomic mass is 15.1. The molecular weight excluding hydrogens is 222 g/mol. The van der Waals surface area contributed by atoms with Crippen LogP contribution in [0.4, 0.5) is 0 Å². The Morgan fingerprint density at radius 1 is 1.39 bits per heavy atom. The van der Waals surface area contributed by atoms with Crippen LogP contribution >= 0.6 is 0 Å². The molecule has 1 aromatic heterocycles. The average Bonchev–Trinajstić information content (AvgIpc) is 2.75. The summed E-state index contributed by atoms with van der Waals surface area (Å²) in [7, 11) is 2.04. The predicted molar refractivity (Wildman–Crippen MR) is 74.5 cm³/mol. The third-order valence-corrected chi connectivity index (χ3v) is 3.14. The zero-order valence-corrected chi connectivity index (χ0v) is 11.4. The molecule has 1 heterocycles. The molecule has 0 bridgehead atoms. The first kappa shape index (κ1) is 12.8. The maximum atomic E-state index is 4.45. The lowest BCUT2D eigenvalue weighted by atomic mass is 10.0. The summed E-state index contributed by atoms with van der Waals surface area (Å²) in [5.74, 6) is 1.10. The van der Waals surface area contributed by atoms with Gasteiger partial charge in [0.2, 0.25) is 0 Å². The number of aryl methyl sites for hydroxylation is 2. The van der Waals surface area contributed by atoms with E-state index in [1.54, 1.807) is 0 Å². The number of nitrogens with zero attached hydrogens (tertiary/aromatic N) is 2. The van der Waals surface area contributed by atoms with Crippen molar-refractivity contribution in [2.45, 2.75) is 26.3 Å². The van der Waals surface area contributed by atoms with Gasteiger partial charge in [-0.05, 0) is 25.5 Å². The van der Waals surface area contributed by atoms with Crippen molar-refractivity contribution >= 4 is 0 Å². The molecule has 0 aliphatic rings. The van der Waals surface area contributed by atoms with Gasteiger partial charge in [-0.3, -0.25) is 0 Å². The average molecular weight is 243 g/mol. The van der Waals surface area contributed by atoms with Crippen LogP contribution in [0.2, 0.25) is 0 Å². The van der Waals surface area contributed by atoms with Crippen LogP contribution in [-0.4, -0.2) is 16.1 Å². The highest BCUT2D eigenvalue weighted by molar-refractivity contribution is 5.23. The van der Waals surface area contributed by atoms with E-state index in [0.29, 0.717) is 0 Å². The molecule has 3 nitrogen and oxygen atoms in total. The minimum Gasteiger partial charge on any atom is -0.337 e. The normalized spacial score (nSPS) is 12.6. The van der Waals surface area contributed by atoms with E-state index in [2.05, 4.69) is 53.0 Å². The van der Waals surface area contributed by atoms with E-state index >= 15 is 0 Å². The fourth-order valence-corrected chi connectivity index (χ4v) is 2.29. The highest BCUT2D eigenvalue weighted by Gasteiger charge is 2.15. The zero-order valence-electron chi connectivity index (χ0n) is 11.4. The molecule has 0 saturated carbocycles. The van der Waals surface area contributed by atoms with Crippen molar-refractivity contribution < 1.29 is 0 Å². The number of benzene rings is 1. The largest absolute Gasteiger partial charge is 0.337 e. The van der Waals surface area contributed by atoms with E-state index in [4.69, 9.17) is 0 Å². The standard InChI is InChI=1S/C15H21N3/c1-4-16-14(15-17-8-9-18(15)3)11-13-7-5-6-12(2)10-13/h5-10,14,16H,4,11H2,1-3H3. The smallest absolute Gasteiger partial charge is 0.125 e. The van der Waals surface area contributed by atoms with Gasteiger partial charge < -0.3 is 9.88 Å². The maximum absolute atomic E-state index is 4.45. The van der Waals surface area contributed by atoms with Crippen molar-refractivity contribution in [1.82, 2.24) is 14.9 Å². The fraction of sp³-hybridized carbons (Fsp3) is 0.400. The zero-order chi connectivity index (χ0) is 13.0. The predicted octanol–water partition coefficient (Wildman–Crippen LogP) is 2.62. The SMILES string of the molecule is CCNC(Cc1cccc(C)c1)c1nccn1C. The Labute approximate surface area is 109 Å². The van der Waals surface area contributed by atoms with Gasteiger partial charge >= 0.3 is 0 Å². The Bertz CT molecular complexity index is 502. The molecule has 0 aliphatic heterocycles. The van der Waals surface area contributed by atoms with Gasteiger partial charge in [0, 0.05) is 19.4 Å². The minimum atomic E-state index is 0.275. The van der Waals surface area contributed by atoms with Crippen LogP contribution in [0, 0.1) is 6.92 Å². The Hall–Kier alpha value is -1.61. The van der Waals surface area contributed by atoms with Crippen molar-refractivity contribution in [2.24, 2.45) is 7.05 Å². The summed E-state index contributed by atoms with van der Waals surface area (Å²) in [6, 6.07) is 8.95. The van der Waals surface area contributed by atoms with Gasteiger partial charge in [0.25, 0.3) is 0 Å². The summed E-state index contributed by atoms with van der Waals surface area (Å²) < 4.78 is 2.09. The first-order valence-electron chi connectivity index (χ1n) is 6.47. The molecule has 1 atom stereocenters. The second kappa shape index (κ2) is 5.83. The number of rotatable bonds is 5. The molecule has 1 aromatic carbocycles. The number of hydrogen-bond acceptors (Lipinski definition) is 2. The maximum Gasteiger partial charge on any atom is 0.125 e. The Morgan fingerprint density at radius 3 is 2.83 bits per heavy atom. The molecule has 0 fully saturated rings. The second-order valence-corrected chi connectivity index (χ2v) is 4.70. The molecule has 0 spiro atoms. The van der Waals surface area contributed by atoms with Gasteiger partial charge in [-0.15, -0.1) is 0 Å². The summed E-state index contributed by atoms with van der Waals surface area (Å²) >= 11 is 0. The van der Waals surface area contributed by atoms with Crippen LogP contribution in [-0.2, 0) is 13.5 Å². The molecular formula is C15H21N3. The number of hydrogen-bond donors (Lipinski definition) is 1. The number of likely N-dealkylation sites (N-methyl/N-ethyl adjacent to an activating group) is 1. The quantitative estimate of drug-likeness (QED) is 0.875. The lowest BCUT2D eigenvalue weighted by Gasteiger charge is -2.18. The van der Waals surface area contributed by atoms with E-state index in [1.165, 1.54) is 11.1 Å². The Morgan fingerprint density at radius 2 is 2.22 bits per heavy atom. The van der Waals surface area contributed by atoms with Gasteiger partial charge in [0.05, 0.1) is 6.04 Å². The van der Waals surface area contributed by atoms with Crippen molar-refractivity contribution in [3.05, 3.63) is 53.6 Å². The molecule has 0 radical (unpaired) electrons. The van der Waals surface area contributed by atoms with Crippen molar-refractivity contribution in [1.29, 1.82) is 0 Å². The molecule has 2 rings (SSSR count). The van der Waals surface area contributed by atoms with Gasteiger partial charge in [0.15, 0.2) is 0 Å². The lowest BCUT2D eigenvalue weighted by Crippen LogP contribution is -2.25. The van der Waals surface area contributed by atoms with Gasteiger partial charge in [0.1, 0.15) is 5.82 Å². The minimum absolute atomic E-state index is 0.275. The van der Waals surface area contributed by atoms with E-state index in [-0.39, 0.29) is 6.04 Å². The molecule has 0 saturated heterocycles. The second-order valence-electron chi connectivity index (χ2n) is 4.70. The fourth-order valence-electron chi connectivity index (χ4n) is 2.29. The van der Waals surface area contributed by atoms with Crippen molar-refractivity contribution in [3.63, 3.8) is 0 Å².